The zero-order valence-corrected chi connectivity index (χ0v) is 29.4. The Hall–Kier alpha value is -6.74. The molecule has 0 bridgehead atoms. The second kappa shape index (κ2) is 15.7. The fourth-order valence-corrected chi connectivity index (χ4v) is 6.98. The monoisotopic (exact) mass is 681 g/mol. The smallest absolute Gasteiger partial charge is 0.0681 e. The topological polar surface area (TPSA) is 23.5 Å². The van der Waals surface area contributed by atoms with Crippen molar-refractivity contribution in [3.63, 3.8) is 0 Å². The van der Waals surface area contributed by atoms with Crippen molar-refractivity contribution >= 4 is 51.1 Å². The lowest BCUT2D eigenvalue weighted by Crippen LogP contribution is -2.11. The Morgan fingerprint density at radius 1 is 0.396 bits per heavy atom. The van der Waals surface area contributed by atoms with Crippen molar-refractivity contribution in [2.45, 2.75) is 6.61 Å². The third-order valence-corrected chi connectivity index (χ3v) is 9.65. The summed E-state index contributed by atoms with van der Waals surface area (Å²) in [5.41, 5.74) is 13.3. The first-order chi connectivity index (χ1) is 26.2. The molecule has 53 heavy (non-hydrogen) atoms. The van der Waals surface area contributed by atoms with Crippen LogP contribution in [0.3, 0.4) is 0 Å². The molecule has 0 saturated carbocycles. The van der Waals surface area contributed by atoms with Crippen LogP contribution in [0.2, 0.25) is 0 Å². The lowest BCUT2D eigenvalue weighted by Gasteiger charge is -2.27. The first-order valence-electron chi connectivity index (χ1n) is 18.0. The van der Waals surface area contributed by atoms with E-state index in [0.29, 0.717) is 0 Å². The van der Waals surface area contributed by atoms with E-state index in [1.165, 1.54) is 38.8 Å². The van der Waals surface area contributed by atoms with Crippen LogP contribution in [0.1, 0.15) is 38.9 Å². The van der Waals surface area contributed by atoms with Gasteiger partial charge in [0.05, 0.1) is 12.3 Å². The first-order valence-corrected chi connectivity index (χ1v) is 18.0. The Labute approximate surface area is 311 Å². The number of nitrogens with zero attached hydrogens (tertiary/aromatic N) is 1. The SMILES string of the molecule is OCc1ccc(N(c2ccc(C=C(c3ccccc3)c3ccccc3)cc2)c2ccc(C=C(c3ccccc3)c3ccccc3)c3ccccc23)cc1. The highest BCUT2D eigenvalue weighted by Crippen LogP contribution is 2.41. The highest BCUT2D eigenvalue weighted by atomic mass is 16.3. The minimum Gasteiger partial charge on any atom is -0.392 e. The molecule has 0 unspecified atom stereocenters. The molecule has 0 aliphatic carbocycles. The second-order valence-electron chi connectivity index (χ2n) is 13.1. The van der Waals surface area contributed by atoms with E-state index in [1.54, 1.807) is 0 Å². The van der Waals surface area contributed by atoms with Crippen LogP contribution in [-0.2, 0) is 6.61 Å². The van der Waals surface area contributed by atoms with E-state index in [-0.39, 0.29) is 6.61 Å². The van der Waals surface area contributed by atoms with Crippen molar-refractivity contribution in [2.24, 2.45) is 0 Å². The average molecular weight is 682 g/mol. The molecule has 0 saturated heterocycles. The Bertz CT molecular complexity index is 2400. The second-order valence-corrected chi connectivity index (χ2v) is 13.1. The third kappa shape index (κ3) is 7.36. The molecule has 2 nitrogen and oxygen atoms in total. The largest absolute Gasteiger partial charge is 0.392 e. The van der Waals surface area contributed by atoms with Crippen LogP contribution in [0.25, 0.3) is 34.1 Å². The Morgan fingerprint density at radius 3 is 1.28 bits per heavy atom. The predicted octanol–water partition coefficient (Wildman–Crippen LogP) is 13.0. The number of fused-ring (bicyclic) bond motifs is 1. The van der Waals surface area contributed by atoms with Crippen molar-refractivity contribution in [3.05, 3.63) is 245 Å². The number of hydrogen-bond acceptors (Lipinski definition) is 2. The number of aliphatic hydroxyl groups is 1. The van der Waals surface area contributed by atoms with Gasteiger partial charge in [-0.15, -0.1) is 0 Å². The third-order valence-electron chi connectivity index (χ3n) is 9.65. The van der Waals surface area contributed by atoms with Gasteiger partial charge in [0.25, 0.3) is 0 Å². The number of anilines is 3. The fourth-order valence-electron chi connectivity index (χ4n) is 6.98. The van der Waals surface area contributed by atoms with Gasteiger partial charge in [0.2, 0.25) is 0 Å². The molecule has 0 aromatic heterocycles. The molecule has 1 N–H and O–H groups in total. The Morgan fingerprint density at radius 2 is 0.811 bits per heavy atom. The van der Waals surface area contributed by atoms with E-state index in [0.717, 1.165) is 39.1 Å². The van der Waals surface area contributed by atoms with Crippen LogP contribution in [-0.4, -0.2) is 5.11 Å². The standard InChI is InChI=1S/C51H39NO/c53-37-39-27-32-46(33-28-39)52(45-30-25-38(26-31-45)35-49(40-15-5-1-6-16-40)41-17-7-2-8-18-41)51-34-29-44(47-23-13-14-24-48(47)51)36-50(42-19-9-3-10-20-42)43-21-11-4-12-22-43/h1-36,53H,37H2. The molecule has 254 valence electrons. The van der Waals surface area contributed by atoms with Gasteiger partial charge < -0.3 is 10.0 Å². The molecule has 8 aromatic carbocycles. The van der Waals surface area contributed by atoms with E-state index in [9.17, 15) is 5.11 Å². The lowest BCUT2D eigenvalue weighted by atomic mass is 9.93. The molecule has 0 spiro atoms. The van der Waals surface area contributed by atoms with Gasteiger partial charge in [0.15, 0.2) is 0 Å². The van der Waals surface area contributed by atoms with Crippen LogP contribution in [0, 0.1) is 0 Å². The minimum atomic E-state index is 0.00159. The summed E-state index contributed by atoms with van der Waals surface area (Å²) in [6.45, 7) is 0.00159. The molecule has 8 rings (SSSR count). The van der Waals surface area contributed by atoms with Crippen molar-refractivity contribution in [1.29, 1.82) is 0 Å². The normalized spacial score (nSPS) is 10.8. The van der Waals surface area contributed by atoms with Gasteiger partial charge in [-0.2, -0.15) is 0 Å². The van der Waals surface area contributed by atoms with Crippen LogP contribution < -0.4 is 4.90 Å². The van der Waals surface area contributed by atoms with E-state index in [2.05, 4.69) is 211 Å². The van der Waals surface area contributed by atoms with Crippen LogP contribution in [0.4, 0.5) is 17.1 Å². The molecule has 0 atom stereocenters. The highest BCUT2D eigenvalue weighted by Gasteiger charge is 2.17. The Kier molecular flexibility index (Phi) is 9.87. The Balaban J connectivity index is 1.25. The highest BCUT2D eigenvalue weighted by molar-refractivity contribution is 6.06. The van der Waals surface area contributed by atoms with Gasteiger partial charge in [-0.3, -0.25) is 0 Å². The van der Waals surface area contributed by atoms with Crippen molar-refractivity contribution in [2.75, 3.05) is 4.90 Å². The summed E-state index contributed by atoms with van der Waals surface area (Å²) in [4.78, 5) is 2.31. The van der Waals surface area contributed by atoms with Crippen LogP contribution in [0.15, 0.2) is 206 Å². The summed E-state index contributed by atoms with van der Waals surface area (Å²) in [6, 6.07) is 72.4. The minimum absolute atomic E-state index is 0.00159. The summed E-state index contributed by atoms with van der Waals surface area (Å²) >= 11 is 0. The summed E-state index contributed by atoms with van der Waals surface area (Å²) in [5, 5.41) is 12.2. The summed E-state index contributed by atoms with van der Waals surface area (Å²) in [7, 11) is 0. The lowest BCUT2D eigenvalue weighted by molar-refractivity contribution is 0.282. The van der Waals surface area contributed by atoms with E-state index >= 15 is 0 Å². The van der Waals surface area contributed by atoms with Crippen molar-refractivity contribution < 1.29 is 5.11 Å². The zero-order chi connectivity index (χ0) is 35.8. The van der Waals surface area contributed by atoms with Gasteiger partial charge in [-0.1, -0.05) is 176 Å². The number of hydrogen-bond donors (Lipinski definition) is 1. The molecule has 0 fully saturated rings. The maximum Gasteiger partial charge on any atom is 0.0681 e. The van der Waals surface area contributed by atoms with Gasteiger partial charge >= 0.3 is 0 Å². The predicted molar refractivity (Wildman–Crippen MR) is 224 cm³/mol. The number of benzene rings is 8. The van der Waals surface area contributed by atoms with E-state index in [4.69, 9.17) is 0 Å². The van der Waals surface area contributed by atoms with Crippen LogP contribution >= 0.6 is 0 Å². The fraction of sp³-hybridized carbons (Fsp3) is 0.0196. The van der Waals surface area contributed by atoms with Gasteiger partial charge in [-0.25, -0.2) is 0 Å². The summed E-state index contributed by atoms with van der Waals surface area (Å²) in [6.07, 6.45) is 4.58. The first kappa shape index (κ1) is 33.4. The van der Waals surface area contributed by atoms with Gasteiger partial charge in [0, 0.05) is 16.8 Å². The molecule has 0 aliphatic rings. The number of rotatable bonds is 10. The van der Waals surface area contributed by atoms with E-state index in [1.807, 2.05) is 12.1 Å². The van der Waals surface area contributed by atoms with Crippen LogP contribution in [0.5, 0.6) is 0 Å². The maximum atomic E-state index is 9.85. The summed E-state index contributed by atoms with van der Waals surface area (Å²) in [5.74, 6) is 0. The molecule has 0 amide bonds. The quantitative estimate of drug-likeness (QED) is 0.145. The summed E-state index contributed by atoms with van der Waals surface area (Å²) < 4.78 is 0. The van der Waals surface area contributed by atoms with Gasteiger partial charge in [0.1, 0.15) is 0 Å². The maximum absolute atomic E-state index is 9.85. The number of aliphatic hydroxyl groups excluding tert-OH is 1. The molecule has 0 aliphatic heterocycles. The molecule has 0 heterocycles. The van der Waals surface area contributed by atoms with Gasteiger partial charge in [-0.05, 0) is 98.0 Å². The molecule has 2 heteroatoms. The average Bonchev–Trinajstić information content (AvgIpc) is 3.24. The van der Waals surface area contributed by atoms with Crippen molar-refractivity contribution in [1.82, 2.24) is 0 Å². The van der Waals surface area contributed by atoms with Crippen molar-refractivity contribution in [3.8, 4) is 0 Å². The van der Waals surface area contributed by atoms with E-state index < -0.39 is 0 Å². The zero-order valence-electron chi connectivity index (χ0n) is 29.4. The molecular formula is C51H39NO. The molecule has 0 radical (unpaired) electrons. The molecular weight excluding hydrogens is 643 g/mol. The molecule has 8 aromatic rings.